The highest BCUT2D eigenvalue weighted by molar-refractivity contribution is 6.45. The summed E-state index contributed by atoms with van der Waals surface area (Å²) >= 11 is 0. The predicted molar refractivity (Wildman–Crippen MR) is 126 cm³/mol. The molecule has 0 unspecified atom stereocenters. The van der Waals surface area contributed by atoms with Crippen LogP contribution in [-0.2, 0) is 16.1 Å². The number of imide groups is 1. The summed E-state index contributed by atoms with van der Waals surface area (Å²) in [5.41, 5.74) is 5.11. The van der Waals surface area contributed by atoms with Gasteiger partial charge in [0.2, 0.25) is 0 Å². The van der Waals surface area contributed by atoms with E-state index in [1.807, 2.05) is 80.4 Å². The summed E-state index contributed by atoms with van der Waals surface area (Å²) in [5.74, 6) is -0.226. The Hall–Kier alpha value is -3.86. The van der Waals surface area contributed by atoms with Crippen molar-refractivity contribution < 1.29 is 14.3 Å². The van der Waals surface area contributed by atoms with Crippen molar-refractivity contribution in [3.05, 3.63) is 101 Å². The summed E-state index contributed by atoms with van der Waals surface area (Å²) in [5, 5.41) is 0. The number of methoxy groups -OCH3 is 1. The van der Waals surface area contributed by atoms with E-state index in [2.05, 4.69) is 0 Å². The number of aryl methyl sites for hydroxylation is 2. The van der Waals surface area contributed by atoms with Gasteiger partial charge in [0.25, 0.3) is 11.8 Å². The van der Waals surface area contributed by atoms with Crippen LogP contribution in [0.3, 0.4) is 0 Å². The Labute approximate surface area is 188 Å². The van der Waals surface area contributed by atoms with Crippen LogP contribution in [0.2, 0.25) is 0 Å². The zero-order valence-electron chi connectivity index (χ0n) is 18.8. The first-order valence-corrected chi connectivity index (χ1v) is 10.5. The first-order valence-electron chi connectivity index (χ1n) is 10.5. The van der Waals surface area contributed by atoms with Crippen LogP contribution in [-0.4, -0.2) is 30.9 Å². The van der Waals surface area contributed by atoms with Gasteiger partial charge in [-0.2, -0.15) is 0 Å². The number of hydrogen-bond donors (Lipinski definition) is 0. The second kappa shape index (κ2) is 8.71. The second-order valence-electron chi connectivity index (χ2n) is 8.00. The maximum absolute atomic E-state index is 13.8. The molecule has 1 aliphatic heterocycles. The van der Waals surface area contributed by atoms with Crippen LogP contribution in [0.25, 0.3) is 5.57 Å². The van der Waals surface area contributed by atoms with E-state index < -0.39 is 0 Å². The zero-order valence-corrected chi connectivity index (χ0v) is 18.8. The Kier molecular flexibility index (Phi) is 5.82. The molecule has 32 heavy (non-hydrogen) atoms. The van der Waals surface area contributed by atoms with Crippen LogP contribution in [0.4, 0.5) is 5.69 Å². The van der Waals surface area contributed by atoms with Crippen molar-refractivity contribution >= 4 is 23.1 Å². The number of anilines is 1. The molecule has 0 N–H and O–H groups in total. The second-order valence-corrected chi connectivity index (χ2v) is 8.00. The molecule has 4 rings (SSSR count). The van der Waals surface area contributed by atoms with E-state index in [4.69, 9.17) is 4.74 Å². The van der Waals surface area contributed by atoms with Crippen LogP contribution in [0.1, 0.15) is 22.3 Å². The summed E-state index contributed by atoms with van der Waals surface area (Å²) in [6.07, 6.45) is 0. The molecule has 3 aromatic carbocycles. The highest BCUT2D eigenvalue weighted by atomic mass is 16.5. The Morgan fingerprint density at radius 2 is 1.56 bits per heavy atom. The average Bonchev–Trinajstić information content (AvgIpc) is 3.04. The van der Waals surface area contributed by atoms with Gasteiger partial charge in [-0.25, -0.2) is 4.90 Å². The summed E-state index contributed by atoms with van der Waals surface area (Å²) < 4.78 is 5.45. The van der Waals surface area contributed by atoms with Crippen LogP contribution in [0.5, 0.6) is 5.75 Å². The minimum atomic E-state index is -0.354. The molecule has 0 saturated heterocycles. The zero-order chi connectivity index (χ0) is 22.8. The highest BCUT2D eigenvalue weighted by Gasteiger charge is 2.43. The molecule has 5 heteroatoms. The Morgan fingerprint density at radius 3 is 2.25 bits per heavy atom. The molecule has 0 atom stereocenters. The number of carbonyl (C=O) groups excluding carboxylic acids is 2. The number of nitrogens with zero attached hydrogens (tertiary/aromatic N) is 2. The molecule has 2 amide bonds. The molecule has 162 valence electrons. The first-order chi connectivity index (χ1) is 15.4. The maximum Gasteiger partial charge on any atom is 0.282 e. The lowest BCUT2D eigenvalue weighted by Crippen LogP contribution is -2.34. The fourth-order valence-electron chi connectivity index (χ4n) is 4.18. The van der Waals surface area contributed by atoms with Crippen molar-refractivity contribution in [3.8, 4) is 5.75 Å². The molecule has 0 spiro atoms. The van der Waals surface area contributed by atoms with E-state index in [0.29, 0.717) is 29.3 Å². The number of amides is 2. The van der Waals surface area contributed by atoms with Crippen LogP contribution < -0.4 is 9.64 Å². The lowest BCUT2D eigenvalue weighted by molar-refractivity contribution is -0.120. The number of ether oxygens (including phenoxy) is 1. The van der Waals surface area contributed by atoms with Gasteiger partial charge < -0.3 is 9.64 Å². The molecule has 0 bridgehead atoms. The molecule has 0 aliphatic carbocycles. The average molecular weight is 427 g/mol. The number of carbonyl (C=O) groups is 2. The standard InChI is InChI=1S/C27H26N2O3/c1-18-14-15-21(19(2)16-18)24-25(28(3)17-20-10-6-5-7-11-20)27(31)29(26(24)30)22-12-8-9-13-23(22)32-4/h5-16H,17H2,1-4H3. The quantitative estimate of drug-likeness (QED) is 0.535. The number of para-hydroxylation sites is 2. The molecule has 1 aliphatic rings. The molecule has 1 heterocycles. The third-order valence-electron chi connectivity index (χ3n) is 5.68. The Bertz CT molecular complexity index is 1210. The summed E-state index contributed by atoms with van der Waals surface area (Å²) in [6, 6.07) is 22.9. The van der Waals surface area contributed by atoms with Crippen molar-refractivity contribution in [2.45, 2.75) is 20.4 Å². The Morgan fingerprint density at radius 1 is 0.875 bits per heavy atom. The largest absolute Gasteiger partial charge is 0.495 e. The summed E-state index contributed by atoms with van der Waals surface area (Å²) in [6.45, 7) is 4.48. The van der Waals surface area contributed by atoms with Gasteiger partial charge in [-0.15, -0.1) is 0 Å². The van der Waals surface area contributed by atoms with E-state index in [9.17, 15) is 9.59 Å². The minimum absolute atomic E-state index is 0.346. The minimum Gasteiger partial charge on any atom is -0.495 e. The number of hydrogen-bond acceptors (Lipinski definition) is 4. The van der Waals surface area contributed by atoms with Gasteiger partial charge in [0, 0.05) is 13.6 Å². The highest BCUT2D eigenvalue weighted by Crippen LogP contribution is 2.39. The predicted octanol–water partition coefficient (Wildman–Crippen LogP) is 4.73. The van der Waals surface area contributed by atoms with Crippen LogP contribution in [0.15, 0.2) is 78.5 Å². The molecular weight excluding hydrogens is 400 g/mol. The molecule has 3 aromatic rings. The van der Waals surface area contributed by atoms with Crippen LogP contribution in [0, 0.1) is 13.8 Å². The smallest absolute Gasteiger partial charge is 0.282 e. The van der Waals surface area contributed by atoms with Crippen LogP contribution >= 0.6 is 0 Å². The number of likely N-dealkylation sites (N-methyl/N-ethyl adjacent to an activating group) is 1. The number of benzene rings is 3. The fourth-order valence-corrected chi connectivity index (χ4v) is 4.18. The SMILES string of the molecule is COc1ccccc1N1C(=O)C(c2ccc(C)cc2C)=C(N(C)Cc2ccccc2)C1=O. The molecule has 0 saturated carbocycles. The van der Waals surface area contributed by atoms with E-state index in [1.165, 1.54) is 12.0 Å². The van der Waals surface area contributed by atoms with Crippen molar-refractivity contribution in [3.63, 3.8) is 0 Å². The number of rotatable bonds is 6. The lowest BCUT2D eigenvalue weighted by atomic mass is 9.97. The summed E-state index contributed by atoms with van der Waals surface area (Å²) in [4.78, 5) is 30.6. The molecular formula is C27H26N2O3. The van der Waals surface area contributed by atoms with Gasteiger partial charge >= 0.3 is 0 Å². The third-order valence-corrected chi connectivity index (χ3v) is 5.68. The van der Waals surface area contributed by atoms with Gasteiger partial charge in [-0.1, -0.05) is 66.2 Å². The lowest BCUT2D eigenvalue weighted by Gasteiger charge is -2.22. The van der Waals surface area contributed by atoms with Gasteiger partial charge in [0.1, 0.15) is 11.4 Å². The normalized spacial score (nSPS) is 13.7. The topological polar surface area (TPSA) is 49.9 Å². The van der Waals surface area contributed by atoms with E-state index in [0.717, 1.165) is 22.3 Å². The van der Waals surface area contributed by atoms with Crippen molar-refractivity contribution in [2.24, 2.45) is 0 Å². The third kappa shape index (κ3) is 3.78. The van der Waals surface area contributed by atoms with Gasteiger partial charge in [0.15, 0.2) is 0 Å². The van der Waals surface area contributed by atoms with E-state index >= 15 is 0 Å². The molecule has 5 nitrogen and oxygen atoms in total. The molecule has 0 aromatic heterocycles. The van der Waals surface area contributed by atoms with Crippen molar-refractivity contribution in [2.75, 3.05) is 19.1 Å². The fraction of sp³-hybridized carbons (Fsp3) is 0.185. The first kappa shape index (κ1) is 21.4. The monoisotopic (exact) mass is 426 g/mol. The van der Waals surface area contributed by atoms with Gasteiger partial charge in [-0.3, -0.25) is 9.59 Å². The molecule has 0 fully saturated rings. The van der Waals surface area contributed by atoms with Crippen molar-refractivity contribution in [1.82, 2.24) is 4.90 Å². The van der Waals surface area contributed by atoms with E-state index in [1.54, 1.807) is 18.2 Å². The molecule has 0 radical (unpaired) electrons. The van der Waals surface area contributed by atoms with E-state index in [-0.39, 0.29) is 11.8 Å². The summed E-state index contributed by atoms with van der Waals surface area (Å²) in [7, 11) is 3.38. The van der Waals surface area contributed by atoms with Crippen molar-refractivity contribution in [1.29, 1.82) is 0 Å². The van der Waals surface area contributed by atoms with Gasteiger partial charge in [0.05, 0.1) is 18.4 Å². The van der Waals surface area contributed by atoms with Gasteiger partial charge in [-0.05, 0) is 42.7 Å². The maximum atomic E-state index is 13.8. The Balaban J connectivity index is 1.86.